The second kappa shape index (κ2) is 8.65. The van der Waals surface area contributed by atoms with E-state index in [4.69, 9.17) is 4.74 Å². The topological polar surface area (TPSA) is 44.8 Å². The van der Waals surface area contributed by atoms with Crippen LogP contribution in [0.15, 0.2) is 42.5 Å². The van der Waals surface area contributed by atoms with E-state index in [0.29, 0.717) is 0 Å². The Hall–Kier alpha value is -2.53. The Morgan fingerprint density at radius 1 is 0.964 bits per heavy atom. The summed E-state index contributed by atoms with van der Waals surface area (Å²) in [6.45, 7) is 4.37. The minimum atomic E-state index is 0.0178. The molecular weight excluding hydrogens is 350 g/mol. The number of ether oxygens (including phenoxy) is 1. The van der Waals surface area contributed by atoms with E-state index < -0.39 is 0 Å². The predicted octanol–water partition coefficient (Wildman–Crippen LogP) is 3.92. The van der Waals surface area contributed by atoms with Gasteiger partial charge in [0.15, 0.2) is 0 Å². The number of methoxy groups -OCH3 is 1. The SMILES string of the molecule is COc1ccc(CN2CCCN(C(=O)Nc3ccc4c(c3)CCC4)CC2)cc1. The van der Waals surface area contributed by atoms with Crippen molar-refractivity contribution in [1.82, 2.24) is 9.80 Å². The van der Waals surface area contributed by atoms with Gasteiger partial charge in [0.2, 0.25) is 0 Å². The van der Waals surface area contributed by atoms with Crippen LogP contribution in [0.3, 0.4) is 0 Å². The van der Waals surface area contributed by atoms with Gasteiger partial charge in [-0.1, -0.05) is 18.2 Å². The largest absolute Gasteiger partial charge is 0.497 e. The molecule has 2 amide bonds. The third-order valence-corrected chi connectivity index (χ3v) is 5.79. The third kappa shape index (κ3) is 4.47. The number of benzene rings is 2. The van der Waals surface area contributed by atoms with E-state index in [2.05, 4.69) is 34.5 Å². The fraction of sp³-hybridized carbons (Fsp3) is 0.435. The Morgan fingerprint density at radius 3 is 2.61 bits per heavy atom. The molecule has 28 heavy (non-hydrogen) atoms. The van der Waals surface area contributed by atoms with E-state index in [-0.39, 0.29) is 6.03 Å². The zero-order valence-electron chi connectivity index (χ0n) is 16.6. The van der Waals surface area contributed by atoms with Gasteiger partial charge in [0.25, 0.3) is 0 Å². The molecule has 0 saturated carbocycles. The summed E-state index contributed by atoms with van der Waals surface area (Å²) in [5.74, 6) is 0.883. The molecule has 1 aliphatic carbocycles. The first-order chi connectivity index (χ1) is 13.7. The number of aryl methyl sites for hydroxylation is 2. The van der Waals surface area contributed by atoms with E-state index >= 15 is 0 Å². The van der Waals surface area contributed by atoms with Gasteiger partial charge in [-0.05, 0) is 66.6 Å². The van der Waals surface area contributed by atoms with Crippen molar-refractivity contribution in [2.45, 2.75) is 32.2 Å². The monoisotopic (exact) mass is 379 g/mol. The molecular formula is C23H29N3O2. The molecule has 0 aromatic heterocycles. The molecule has 0 bridgehead atoms. The molecule has 5 nitrogen and oxygen atoms in total. The molecule has 0 radical (unpaired) electrons. The van der Waals surface area contributed by atoms with Gasteiger partial charge >= 0.3 is 6.03 Å². The van der Waals surface area contributed by atoms with Crippen molar-refractivity contribution in [3.8, 4) is 5.75 Å². The van der Waals surface area contributed by atoms with Crippen LogP contribution >= 0.6 is 0 Å². The van der Waals surface area contributed by atoms with Crippen LogP contribution in [0.25, 0.3) is 0 Å². The maximum atomic E-state index is 12.7. The van der Waals surface area contributed by atoms with E-state index in [1.165, 1.54) is 29.5 Å². The second-order valence-electron chi connectivity index (χ2n) is 7.73. The molecule has 2 aromatic rings. The number of rotatable bonds is 4. The van der Waals surface area contributed by atoms with Crippen LogP contribution in [0.2, 0.25) is 0 Å². The number of anilines is 1. The van der Waals surface area contributed by atoms with E-state index in [0.717, 1.165) is 57.0 Å². The van der Waals surface area contributed by atoms with Gasteiger partial charge < -0.3 is 15.0 Å². The second-order valence-corrected chi connectivity index (χ2v) is 7.73. The number of carbonyl (C=O) groups is 1. The first kappa shape index (κ1) is 18.8. The number of nitrogens with zero attached hydrogens (tertiary/aromatic N) is 2. The lowest BCUT2D eigenvalue weighted by molar-refractivity contribution is 0.211. The van der Waals surface area contributed by atoms with Gasteiger partial charge in [-0.25, -0.2) is 4.79 Å². The van der Waals surface area contributed by atoms with E-state index in [9.17, 15) is 4.79 Å². The lowest BCUT2D eigenvalue weighted by Gasteiger charge is -2.22. The number of urea groups is 1. The molecule has 1 aliphatic heterocycles. The zero-order valence-corrected chi connectivity index (χ0v) is 16.6. The highest BCUT2D eigenvalue weighted by molar-refractivity contribution is 5.89. The van der Waals surface area contributed by atoms with Crippen LogP contribution < -0.4 is 10.1 Å². The number of carbonyl (C=O) groups excluding carboxylic acids is 1. The fourth-order valence-electron chi connectivity index (χ4n) is 4.17. The summed E-state index contributed by atoms with van der Waals surface area (Å²) in [5.41, 5.74) is 5.02. The Bertz CT molecular complexity index is 819. The lowest BCUT2D eigenvalue weighted by Crippen LogP contribution is -2.38. The summed E-state index contributed by atoms with van der Waals surface area (Å²) in [4.78, 5) is 17.1. The molecule has 0 spiro atoms. The summed E-state index contributed by atoms with van der Waals surface area (Å²) in [5, 5.41) is 3.10. The molecule has 148 valence electrons. The number of amides is 2. The number of hydrogen-bond donors (Lipinski definition) is 1. The Balaban J connectivity index is 1.31. The lowest BCUT2D eigenvalue weighted by atomic mass is 10.1. The van der Waals surface area contributed by atoms with Crippen LogP contribution in [0.5, 0.6) is 5.75 Å². The van der Waals surface area contributed by atoms with Crippen LogP contribution in [-0.2, 0) is 19.4 Å². The van der Waals surface area contributed by atoms with Gasteiger partial charge in [-0.3, -0.25) is 4.90 Å². The van der Waals surface area contributed by atoms with Gasteiger partial charge in [-0.15, -0.1) is 0 Å². The molecule has 4 rings (SSSR count). The number of fused-ring (bicyclic) bond motifs is 1. The van der Waals surface area contributed by atoms with Crippen molar-refractivity contribution >= 4 is 11.7 Å². The van der Waals surface area contributed by atoms with Crippen LogP contribution in [-0.4, -0.2) is 49.1 Å². The highest BCUT2D eigenvalue weighted by atomic mass is 16.5. The summed E-state index contributed by atoms with van der Waals surface area (Å²) in [7, 11) is 1.69. The van der Waals surface area contributed by atoms with Crippen molar-refractivity contribution in [2.75, 3.05) is 38.6 Å². The molecule has 0 atom stereocenters. The van der Waals surface area contributed by atoms with Crippen LogP contribution in [0.4, 0.5) is 10.5 Å². The Morgan fingerprint density at radius 2 is 1.79 bits per heavy atom. The predicted molar refractivity (Wildman–Crippen MR) is 112 cm³/mol. The molecule has 1 fully saturated rings. The molecule has 1 N–H and O–H groups in total. The molecule has 5 heteroatoms. The smallest absolute Gasteiger partial charge is 0.321 e. The number of nitrogens with one attached hydrogen (secondary N) is 1. The van der Waals surface area contributed by atoms with E-state index in [1.807, 2.05) is 23.1 Å². The van der Waals surface area contributed by atoms with Gasteiger partial charge in [0.05, 0.1) is 7.11 Å². The van der Waals surface area contributed by atoms with Gasteiger partial charge in [0.1, 0.15) is 5.75 Å². The standard InChI is InChI=1S/C23H29N3O2/c1-28-22-10-6-18(7-11-22)17-25-12-3-13-26(15-14-25)23(27)24-21-9-8-19-4-2-5-20(19)16-21/h6-11,16H,2-5,12-15,17H2,1H3,(H,24,27). The minimum Gasteiger partial charge on any atom is -0.497 e. The highest BCUT2D eigenvalue weighted by Crippen LogP contribution is 2.25. The van der Waals surface area contributed by atoms with Crippen molar-refractivity contribution < 1.29 is 9.53 Å². The third-order valence-electron chi connectivity index (χ3n) is 5.79. The fourth-order valence-corrected chi connectivity index (χ4v) is 4.17. The normalized spacial score (nSPS) is 17.1. The average molecular weight is 380 g/mol. The molecule has 2 aromatic carbocycles. The van der Waals surface area contributed by atoms with Crippen LogP contribution in [0, 0.1) is 0 Å². The van der Waals surface area contributed by atoms with Gasteiger partial charge in [-0.2, -0.15) is 0 Å². The Kier molecular flexibility index (Phi) is 5.81. The highest BCUT2D eigenvalue weighted by Gasteiger charge is 2.20. The summed E-state index contributed by atoms with van der Waals surface area (Å²) >= 11 is 0. The quantitative estimate of drug-likeness (QED) is 0.876. The number of hydrogen-bond acceptors (Lipinski definition) is 3. The molecule has 1 heterocycles. The van der Waals surface area contributed by atoms with Crippen molar-refractivity contribution in [1.29, 1.82) is 0 Å². The minimum absolute atomic E-state index is 0.0178. The maximum absolute atomic E-state index is 12.7. The zero-order chi connectivity index (χ0) is 19.3. The maximum Gasteiger partial charge on any atom is 0.321 e. The first-order valence-corrected chi connectivity index (χ1v) is 10.2. The van der Waals surface area contributed by atoms with Crippen molar-refractivity contribution in [2.24, 2.45) is 0 Å². The summed E-state index contributed by atoms with van der Waals surface area (Å²) in [6.07, 6.45) is 4.51. The Labute approximate surface area is 167 Å². The molecule has 1 saturated heterocycles. The van der Waals surface area contributed by atoms with Crippen molar-refractivity contribution in [3.63, 3.8) is 0 Å². The van der Waals surface area contributed by atoms with E-state index in [1.54, 1.807) is 7.11 Å². The summed E-state index contributed by atoms with van der Waals surface area (Å²) < 4.78 is 5.23. The first-order valence-electron chi connectivity index (χ1n) is 10.2. The molecule has 0 unspecified atom stereocenters. The average Bonchev–Trinajstić information content (AvgIpc) is 3.06. The van der Waals surface area contributed by atoms with Gasteiger partial charge in [0, 0.05) is 38.4 Å². The summed E-state index contributed by atoms with van der Waals surface area (Å²) in [6, 6.07) is 14.6. The van der Waals surface area contributed by atoms with Crippen molar-refractivity contribution in [3.05, 3.63) is 59.2 Å². The van der Waals surface area contributed by atoms with Crippen LogP contribution in [0.1, 0.15) is 29.5 Å². The molecule has 2 aliphatic rings.